The molecule has 0 spiro atoms. The molecule has 2 aromatic rings. The molecule has 1 atom stereocenters. The largest absolute Gasteiger partial charge is 0.491 e. The van der Waals surface area contributed by atoms with Gasteiger partial charge in [0.05, 0.1) is 0 Å². The van der Waals surface area contributed by atoms with Gasteiger partial charge in [0.1, 0.15) is 18.5 Å². The number of para-hydroxylation sites is 1. The van der Waals surface area contributed by atoms with E-state index in [0.717, 1.165) is 16.9 Å². The van der Waals surface area contributed by atoms with Crippen molar-refractivity contribution < 1.29 is 9.84 Å². The number of aliphatic hydroxyl groups excluding tert-OH is 1. The van der Waals surface area contributed by atoms with Crippen LogP contribution >= 0.6 is 0 Å². The standard InChI is InChI=1S/C16H19NO2/c1-11-7-12(2)9-13(8-11)19-10-16(18)14-5-3-4-6-15(14)17/h3-9,16,18H,10,17H2,1-2H3. The third-order valence-corrected chi connectivity index (χ3v) is 2.96. The van der Waals surface area contributed by atoms with Gasteiger partial charge in [-0.25, -0.2) is 0 Å². The number of nitrogen functional groups attached to an aromatic ring is 1. The maximum atomic E-state index is 10.1. The van der Waals surface area contributed by atoms with Crippen LogP contribution in [0, 0.1) is 13.8 Å². The quantitative estimate of drug-likeness (QED) is 0.828. The third-order valence-electron chi connectivity index (χ3n) is 2.96. The lowest BCUT2D eigenvalue weighted by Gasteiger charge is -2.15. The molecule has 0 saturated carbocycles. The molecule has 2 aromatic carbocycles. The van der Waals surface area contributed by atoms with Crippen molar-refractivity contribution in [1.29, 1.82) is 0 Å². The zero-order valence-electron chi connectivity index (χ0n) is 11.3. The van der Waals surface area contributed by atoms with Gasteiger partial charge < -0.3 is 15.6 Å². The van der Waals surface area contributed by atoms with Gasteiger partial charge in [-0.05, 0) is 43.2 Å². The van der Waals surface area contributed by atoms with Crippen molar-refractivity contribution in [3.05, 3.63) is 59.2 Å². The summed E-state index contributed by atoms with van der Waals surface area (Å²) in [6, 6.07) is 13.3. The molecule has 0 heterocycles. The number of benzene rings is 2. The van der Waals surface area contributed by atoms with Crippen LogP contribution in [-0.4, -0.2) is 11.7 Å². The number of ether oxygens (including phenoxy) is 1. The molecule has 0 aliphatic rings. The molecule has 2 rings (SSSR count). The lowest BCUT2D eigenvalue weighted by Crippen LogP contribution is -2.11. The Hall–Kier alpha value is -2.00. The maximum absolute atomic E-state index is 10.1. The van der Waals surface area contributed by atoms with E-state index >= 15 is 0 Å². The Bertz CT molecular complexity index is 546. The van der Waals surface area contributed by atoms with Gasteiger partial charge in [0, 0.05) is 11.3 Å². The minimum absolute atomic E-state index is 0.192. The van der Waals surface area contributed by atoms with Gasteiger partial charge in [-0.15, -0.1) is 0 Å². The number of hydrogen-bond donors (Lipinski definition) is 2. The summed E-state index contributed by atoms with van der Waals surface area (Å²) in [7, 11) is 0. The van der Waals surface area contributed by atoms with Crippen molar-refractivity contribution in [3.63, 3.8) is 0 Å². The molecule has 19 heavy (non-hydrogen) atoms. The Morgan fingerprint density at radius 1 is 1.11 bits per heavy atom. The Kier molecular flexibility index (Phi) is 4.07. The Labute approximate surface area is 113 Å². The summed E-state index contributed by atoms with van der Waals surface area (Å²) in [5, 5.41) is 10.1. The molecule has 3 nitrogen and oxygen atoms in total. The normalized spacial score (nSPS) is 12.2. The van der Waals surface area contributed by atoms with E-state index in [0.29, 0.717) is 11.3 Å². The lowest BCUT2D eigenvalue weighted by molar-refractivity contribution is 0.108. The monoisotopic (exact) mass is 257 g/mol. The smallest absolute Gasteiger partial charge is 0.119 e. The highest BCUT2D eigenvalue weighted by Crippen LogP contribution is 2.22. The first kappa shape index (κ1) is 13.4. The van der Waals surface area contributed by atoms with E-state index < -0.39 is 6.10 Å². The van der Waals surface area contributed by atoms with Crippen LogP contribution in [0.3, 0.4) is 0 Å². The Balaban J connectivity index is 2.04. The molecule has 3 N–H and O–H groups in total. The van der Waals surface area contributed by atoms with Crippen molar-refractivity contribution in [3.8, 4) is 5.75 Å². The van der Waals surface area contributed by atoms with Crippen molar-refractivity contribution in [1.82, 2.24) is 0 Å². The van der Waals surface area contributed by atoms with Crippen molar-refractivity contribution in [2.45, 2.75) is 20.0 Å². The van der Waals surface area contributed by atoms with Crippen LogP contribution in [0.5, 0.6) is 5.75 Å². The summed E-state index contributed by atoms with van der Waals surface area (Å²) < 4.78 is 5.63. The minimum atomic E-state index is -0.720. The summed E-state index contributed by atoms with van der Waals surface area (Å²) in [6.45, 7) is 4.23. The summed E-state index contributed by atoms with van der Waals surface area (Å²) in [5.74, 6) is 0.769. The molecule has 0 bridgehead atoms. The molecule has 3 heteroatoms. The van der Waals surface area contributed by atoms with Crippen LogP contribution in [0.1, 0.15) is 22.8 Å². The number of aliphatic hydroxyl groups is 1. The highest BCUT2D eigenvalue weighted by molar-refractivity contribution is 5.47. The molecule has 0 aliphatic carbocycles. The second-order valence-electron chi connectivity index (χ2n) is 4.78. The highest BCUT2D eigenvalue weighted by atomic mass is 16.5. The van der Waals surface area contributed by atoms with Gasteiger partial charge in [0.15, 0.2) is 0 Å². The first-order valence-electron chi connectivity index (χ1n) is 6.30. The van der Waals surface area contributed by atoms with Gasteiger partial charge in [-0.2, -0.15) is 0 Å². The summed E-state index contributed by atoms with van der Waals surface area (Å²) in [5.41, 5.74) is 9.39. The summed E-state index contributed by atoms with van der Waals surface area (Å²) in [4.78, 5) is 0. The Morgan fingerprint density at radius 2 is 1.74 bits per heavy atom. The summed E-state index contributed by atoms with van der Waals surface area (Å²) >= 11 is 0. The molecule has 0 saturated heterocycles. The molecule has 0 aliphatic heterocycles. The van der Waals surface area contributed by atoms with E-state index in [1.165, 1.54) is 0 Å². The van der Waals surface area contributed by atoms with E-state index in [1.54, 1.807) is 6.07 Å². The number of hydrogen-bond acceptors (Lipinski definition) is 3. The molecule has 1 unspecified atom stereocenters. The topological polar surface area (TPSA) is 55.5 Å². The zero-order valence-corrected chi connectivity index (χ0v) is 11.3. The number of anilines is 1. The van der Waals surface area contributed by atoms with E-state index in [9.17, 15) is 5.11 Å². The van der Waals surface area contributed by atoms with Crippen LogP contribution in [-0.2, 0) is 0 Å². The molecule has 0 aromatic heterocycles. The zero-order chi connectivity index (χ0) is 13.8. The van der Waals surface area contributed by atoms with Crippen LogP contribution in [0.25, 0.3) is 0 Å². The van der Waals surface area contributed by atoms with Crippen LogP contribution in [0.15, 0.2) is 42.5 Å². The molecular weight excluding hydrogens is 238 g/mol. The average molecular weight is 257 g/mol. The molecule has 0 fully saturated rings. The molecule has 100 valence electrons. The molecule has 0 radical (unpaired) electrons. The summed E-state index contributed by atoms with van der Waals surface area (Å²) in [6.07, 6.45) is -0.720. The van der Waals surface area contributed by atoms with Gasteiger partial charge in [0.2, 0.25) is 0 Å². The van der Waals surface area contributed by atoms with Crippen molar-refractivity contribution >= 4 is 5.69 Å². The lowest BCUT2D eigenvalue weighted by atomic mass is 10.1. The molecule has 0 amide bonds. The van der Waals surface area contributed by atoms with E-state index in [2.05, 4.69) is 6.07 Å². The van der Waals surface area contributed by atoms with Gasteiger partial charge >= 0.3 is 0 Å². The van der Waals surface area contributed by atoms with Gasteiger partial charge in [-0.3, -0.25) is 0 Å². The number of aryl methyl sites for hydroxylation is 2. The fourth-order valence-corrected chi connectivity index (χ4v) is 2.10. The first-order valence-corrected chi connectivity index (χ1v) is 6.30. The van der Waals surface area contributed by atoms with Gasteiger partial charge in [-0.1, -0.05) is 24.3 Å². The van der Waals surface area contributed by atoms with Gasteiger partial charge in [0.25, 0.3) is 0 Å². The first-order chi connectivity index (χ1) is 9.06. The van der Waals surface area contributed by atoms with Crippen LogP contribution in [0.2, 0.25) is 0 Å². The number of nitrogens with two attached hydrogens (primary N) is 1. The second-order valence-corrected chi connectivity index (χ2v) is 4.78. The SMILES string of the molecule is Cc1cc(C)cc(OCC(O)c2ccccc2N)c1. The fourth-order valence-electron chi connectivity index (χ4n) is 2.10. The predicted molar refractivity (Wildman–Crippen MR) is 77.2 cm³/mol. The minimum Gasteiger partial charge on any atom is -0.491 e. The fraction of sp³-hybridized carbons (Fsp3) is 0.250. The van der Waals surface area contributed by atoms with E-state index in [4.69, 9.17) is 10.5 Å². The van der Waals surface area contributed by atoms with Crippen LogP contribution < -0.4 is 10.5 Å². The molecular formula is C16H19NO2. The Morgan fingerprint density at radius 3 is 2.37 bits per heavy atom. The third kappa shape index (κ3) is 3.48. The van der Waals surface area contributed by atoms with E-state index in [-0.39, 0.29) is 6.61 Å². The van der Waals surface area contributed by atoms with Crippen LogP contribution in [0.4, 0.5) is 5.69 Å². The predicted octanol–water partition coefficient (Wildman–Crippen LogP) is 3.00. The number of rotatable bonds is 4. The maximum Gasteiger partial charge on any atom is 0.119 e. The second kappa shape index (κ2) is 5.76. The van der Waals surface area contributed by atoms with Crippen molar-refractivity contribution in [2.24, 2.45) is 0 Å². The highest BCUT2D eigenvalue weighted by Gasteiger charge is 2.11. The average Bonchev–Trinajstić information content (AvgIpc) is 2.35. The van der Waals surface area contributed by atoms with Crippen molar-refractivity contribution in [2.75, 3.05) is 12.3 Å². The van der Waals surface area contributed by atoms with E-state index in [1.807, 2.05) is 44.2 Å².